The second-order valence-corrected chi connectivity index (χ2v) is 12.0. The molecule has 2 fully saturated rings. The van der Waals surface area contributed by atoms with E-state index < -0.39 is 46.5 Å². The van der Waals surface area contributed by atoms with E-state index in [2.05, 4.69) is 9.93 Å². The lowest BCUT2D eigenvalue weighted by molar-refractivity contribution is -0.464. The van der Waals surface area contributed by atoms with E-state index in [1.54, 1.807) is 36.4 Å². The second kappa shape index (κ2) is 13.8. The topological polar surface area (TPSA) is 146 Å². The van der Waals surface area contributed by atoms with Crippen LogP contribution in [0.2, 0.25) is 0 Å². The molecule has 2 N–H and O–H groups in total. The maximum absolute atomic E-state index is 13.3. The minimum absolute atomic E-state index is 0.0920. The van der Waals surface area contributed by atoms with Gasteiger partial charge in [-0.15, -0.1) is 0 Å². The number of carbonyl (C=O) groups excluding carboxylic acids is 4. The van der Waals surface area contributed by atoms with E-state index in [4.69, 9.17) is 9.62 Å². The minimum atomic E-state index is -1.96. The van der Waals surface area contributed by atoms with Gasteiger partial charge in [-0.25, -0.2) is 4.79 Å². The number of ether oxygens (including phenoxy) is 1. The first-order valence-electron chi connectivity index (χ1n) is 15.0. The number of hydrogen-bond acceptors (Lipinski definition) is 10. The number of esters is 1. The molecule has 236 valence electrons. The van der Waals surface area contributed by atoms with Crippen LogP contribution in [-0.2, 0) is 29.1 Å². The Morgan fingerprint density at radius 3 is 1.64 bits per heavy atom. The lowest BCUT2D eigenvalue weighted by Gasteiger charge is -2.36. The predicted octanol–water partition coefficient (Wildman–Crippen LogP) is 5.25. The van der Waals surface area contributed by atoms with Gasteiger partial charge in [0.2, 0.25) is 0 Å². The number of ketones is 2. The Morgan fingerprint density at radius 1 is 0.682 bits per heavy atom. The molecule has 0 spiro atoms. The van der Waals surface area contributed by atoms with Crippen LogP contribution in [0.15, 0.2) is 48.9 Å². The summed E-state index contributed by atoms with van der Waals surface area (Å²) in [5.41, 5.74) is 0.545. The second-order valence-electron chi connectivity index (χ2n) is 12.0. The third-order valence-corrected chi connectivity index (χ3v) is 9.10. The zero-order chi connectivity index (χ0) is 32.1. The van der Waals surface area contributed by atoms with Crippen LogP contribution in [0.25, 0.3) is 0 Å². The van der Waals surface area contributed by atoms with Gasteiger partial charge in [-0.3, -0.25) is 19.3 Å². The summed E-state index contributed by atoms with van der Waals surface area (Å²) in [7, 11) is 0. The first-order chi connectivity index (χ1) is 20.9. The molecule has 2 aliphatic rings. The molecule has 10 nitrogen and oxygen atoms in total. The van der Waals surface area contributed by atoms with Gasteiger partial charge in [-0.1, -0.05) is 49.9 Å². The maximum atomic E-state index is 13.3. The third-order valence-electron chi connectivity index (χ3n) is 9.10. The highest BCUT2D eigenvalue weighted by Crippen LogP contribution is 2.39. The van der Waals surface area contributed by atoms with Crippen molar-refractivity contribution < 1.29 is 48.9 Å². The molecule has 0 saturated heterocycles. The third kappa shape index (κ3) is 6.93. The molecule has 4 rings (SSSR count). The summed E-state index contributed by atoms with van der Waals surface area (Å²) < 4.78 is 5.10. The molecule has 0 radical (unpaired) electrons. The molecule has 44 heavy (non-hydrogen) atoms. The molecule has 0 aliphatic heterocycles. The van der Waals surface area contributed by atoms with Crippen molar-refractivity contribution in [1.82, 2.24) is 0 Å². The summed E-state index contributed by atoms with van der Waals surface area (Å²) in [6, 6.07) is 10.2. The van der Waals surface area contributed by atoms with E-state index >= 15 is 0 Å². The molecule has 0 bridgehead atoms. The normalized spacial score (nSPS) is 25.3. The largest absolute Gasteiger partial charge is 0.431 e. The summed E-state index contributed by atoms with van der Waals surface area (Å²) >= 11 is 0. The zero-order valence-corrected chi connectivity index (χ0v) is 25.6. The fourth-order valence-electron chi connectivity index (χ4n) is 6.08. The van der Waals surface area contributed by atoms with Gasteiger partial charge in [0.1, 0.15) is 17.5 Å². The molecule has 2 aromatic rings. The quantitative estimate of drug-likeness (QED) is 0.0916. The molecular weight excluding hydrogens is 568 g/mol. The number of aryl methyl sites for hydroxylation is 4. The highest BCUT2D eigenvalue weighted by atomic mass is 17.5. The Balaban J connectivity index is 1.31. The Morgan fingerprint density at radius 2 is 1.16 bits per heavy atom. The van der Waals surface area contributed by atoms with Crippen LogP contribution in [0.5, 0.6) is 0 Å². The van der Waals surface area contributed by atoms with Gasteiger partial charge >= 0.3 is 11.9 Å². The summed E-state index contributed by atoms with van der Waals surface area (Å²) in [4.78, 5) is 61.6. The smallest absolute Gasteiger partial charge is 0.353 e. The Bertz CT molecular complexity index is 1450. The Hall–Kier alpha value is -3.86. The summed E-state index contributed by atoms with van der Waals surface area (Å²) in [5.74, 6) is -5.16. The van der Waals surface area contributed by atoms with Gasteiger partial charge in [0.15, 0.2) is 17.8 Å². The van der Waals surface area contributed by atoms with Gasteiger partial charge in [-0.2, -0.15) is 0 Å². The van der Waals surface area contributed by atoms with Crippen molar-refractivity contribution in [3.63, 3.8) is 0 Å². The van der Waals surface area contributed by atoms with Gasteiger partial charge in [0.05, 0.1) is 11.8 Å². The van der Waals surface area contributed by atoms with Crippen LogP contribution in [0, 0.1) is 39.5 Å². The minimum Gasteiger partial charge on any atom is -0.431 e. The Labute approximate surface area is 256 Å². The van der Waals surface area contributed by atoms with Gasteiger partial charge < -0.3 is 19.8 Å². The zero-order valence-electron chi connectivity index (χ0n) is 25.6. The molecule has 10 heteroatoms. The van der Waals surface area contributed by atoms with Crippen LogP contribution in [0.3, 0.4) is 0 Å². The number of Topliss-reactive ketones (excluding diaryl/α,β-unsaturated/α-hetero) is 2. The molecule has 0 amide bonds. The van der Waals surface area contributed by atoms with E-state index in [1.807, 2.05) is 27.7 Å². The average Bonchev–Trinajstić information content (AvgIpc) is 3.01. The summed E-state index contributed by atoms with van der Waals surface area (Å²) in [6.07, 6.45) is 4.73. The van der Waals surface area contributed by atoms with Gasteiger partial charge in [-0.05, 0) is 87.8 Å². The lowest BCUT2D eigenvalue weighted by atomic mass is 9.71. The molecular formula is C34H40O10. The molecule has 4 atom stereocenters. The Kier molecular flexibility index (Phi) is 10.4. The van der Waals surface area contributed by atoms with Crippen LogP contribution >= 0.6 is 0 Å². The SMILES string of the molecule is Cc1ccc(C(=O)C2(O)CCCCC2C(=O)O/C=C/OOOC(=O)C2CCCCC2(O)C(=O)c2ccc(C)c(C)c2)cc1C. The van der Waals surface area contributed by atoms with Crippen molar-refractivity contribution in [2.24, 2.45) is 11.8 Å². The van der Waals surface area contributed by atoms with E-state index in [-0.39, 0.29) is 25.7 Å². The van der Waals surface area contributed by atoms with Crippen molar-refractivity contribution in [3.8, 4) is 0 Å². The number of benzene rings is 2. The molecule has 2 aromatic carbocycles. The van der Waals surface area contributed by atoms with Crippen LogP contribution < -0.4 is 0 Å². The van der Waals surface area contributed by atoms with Gasteiger partial charge in [0.25, 0.3) is 0 Å². The van der Waals surface area contributed by atoms with Crippen LogP contribution in [0.1, 0.15) is 94.3 Å². The molecule has 2 saturated carbocycles. The van der Waals surface area contributed by atoms with Crippen LogP contribution in [-0.4, -0.2) is 44.9 Å². The van der Waals surface area contributed by atoms with Crippen LogP contribution in [0.4, 0.5) is 0 Å². The fourth-order valence-corrected chi connectivity index (χ4v) is 6.08. The molecule has 2 aliphatic carbocycles. The summed E-state index contributed by atoms with van der Waals surface area (Å²) in [5, 5.41) is 27.2. The molecule has 4 unspecified atom stereocenters. The highest BCUT2D eigenvalue weighted by molar-refractivity contribution is 6.05. The lowest BCUT2D eigenvalue weighted by Crippen LogP contribution is -2.51. The first-order valence-corrected chi connectivity index (χ1v) is 15.0. The van der Waals surface area contributed by atoms with Crippen molar-refractivity contribution >= 4 is 23.5 Å². The number of rotatable bonds is 10. The van der Waals surface area contributed by atoms with E-state index in [0.717, 1.165) is 34.8 Å². The summed E-state index contributed by atoms with van der Waals surface area (Å²) in [6.45, 7) is 7.56. The van der Waals surface area contributed by atoms with E-state index in [0.29, 0.717) is 36.8 Å². The fraction of sp³-hybridized carbons (Fsp3) is 0.471. The number of hydrogen-bond donors (Lipinski definition) is 2. The van der Waals surface area contributed by atoms with E-state index in [9.17, 15) is 29.4 Å². The van der Waals surface area contributed by atoms with Gasteiger partial charge in [0, 0.05) is 16.2 Å². The highest BCUT2D eigenvalue weighted by Gasteiger charge is 2.51. The van der Waals surface area contributed by atoms with Crippen molar-refractivity contribution in [2.75, 3.05) is 0 Å². The van der Waals surface area contributed by atoms with Crippen molar-refractivity contribution in [3.05, 3.63) is 82.3 Å². The molecule has 0 aromatic heterocycles. The monoisotopic (exact) mass is 608 g/mol. The average molecular weight is 609 g/mol. The number of aliphatic hydroxyl groups is 2. The van der Waals surface area contributed by atoms with E-state index in [1.165, 1.54) is 0 Å². The van der Waals surface area contributed by atoms with Crippen molar-refractivity contribution in [2.45, 2.75) is 90.3 Å². The first kappa shape index (κ1) is 33.0. The molecule has 0 heterocycles. The predicted molar refractivity (Wildman–Crippen MR) is 158 cm³/mol. The van der Waals surface area contributed by atoms with Crippen molar-refractivity contribution in [1.29, 1.82) is 0 Å². The standard InChI is InChI=1S/C34H40O10/c1-21-11-13-25(19-23(21)3)29(35)33(39)15-7-5-9-27(33)31(37)41-17-18-42-44-43-32(38)28-10-6-8-16-34(28,40)30(36)26-14-12-22(2)24(4)20-26/h11-14,17-20,27-28,39-40H,5-10,15-16H2,1-4H3/b18-17+. The maximum Gasteiger partial charge on any atom is 0.353 e. The number of carbonyl (C=O) groups is 4.